The molecule has 0 radical (unpaired) electrons. The lowest BCUT2D eigenvalue weighted by molar-refractivity contribution is -0.123. The van der Waals surface area contributed by atoms with E-state index in [1.807, 2.05) is 0 Å². The van der Waals surface area contributed by atoms with Gasteiger partial charge in [0, 0.05) is 25.2 Å². The molecule has 1 N–H and O–H groups in total. The molecule has 0 aromatic heterocycles. The number of hydrogen-bond donors (Lipinski definition) is 1. The van der Waals surface area contributed by atoms with E-state index in [4.69, 9.17) is 0 Å². The molecule has 2 aliphatic heterocycles. The minimum absolute atomic E-state index is 0.212. The first-order valence-corrected chi connectivity index (χ1v) is 9.92. The Morgan fingerprint density at radius 2 is 1.72 bits per heavy atom. The molecule has 25 heavy (non-hydrogen) atoms. The highest BCUT2D eigenvalue weighted by molar-refractivity contribution is 5.78. The monoisotopic (exact) mass is 343 g/mol. The van der Waals surface area contributed by atoms with Gasteiger partial charge in [-0.1, -0.05) is 37.3 Å². The van der Waals surface area contributed by atoms with Crippen LogP contribution in [0, 0.1) is 5.92 Å². The second-order valence-corrected chi connectivity index (χ2v) is 7.92. The van der Waals surface area contributed by atoms with Crippen molar-refractivity contribution in [3.8, 4) is 0 Å². The number of hydrogen-bond acceptors (Lipinski definition) is 3. The Bertz CT molecular complexity index is 531. The fourth-order valence-corrected chi connectivity index (χ4v) is 4.07. The van der Waals surface area contributed by atoms with Crippen LogP contribution in [0.1, 0.15) is 51.1 Å². The summed E-state index contributed by atoms with van der Waals surface area (Å²) in [7, 11) is 0. The first kappa shape index (κ1) is 18.4. The minimum atomic E-state index is 0.212. The van der Waals surface area contributed by atoms with Gasteiger partial charge >= 0.3 is 0 Å². The van der Waals surface area contributed by atoms with Crippen molar-refractivity contribution in [1.82, 2.24) is 15.1 Å². The Morgan fingerprint density at radius 1 is 1.08 bits per heavy atom. The van der Waals surface area contributed by atoms with Crippen LogP contribution in [0.2, 0.25) is 0 Å². The fraction of sp³-hybridized carbons (Fsp3) is 0.667. The van der Waals surface area contributed by atoms with E-state index in [2.05, 4.69) is 59.3 Å². The number of carbonyl (C=O) groups excluding carboxylic acids is 1. The first-order valence-electron chi connectivity index (χ1n) is 9.92. The van der Waals surface area contributed by atoms with Crippen LogP contribution < -0.4 is 5.32 Å². The lowest BCUT2D eigenvalue weighted by atomic mass is 9.99. The van der Waals surface area contributed by atoms with Crippen molar-refractivity contribution in [2.45, 2.75) is 51.6 Å². The van der Waals surface area contributed by atoms with Crippen molar-refractivity contribution in [3.05, 3.63) is 35.9 Å². The van der Waals surface area contributed by atoms with Crippen LogP contribution in [-0.2, 0) is 4.79 Å². The molecule has 1 amide bonds. The minimum Gasteiger partial charge on any atom is -0.352 e. The van der Waals surface area contributed by atoms with E-state index in [1.54, 1.807) is 0 Å². The highest BCUT2D eigenvalue weighted by Crippen LogP contribution is 2.24. The number of nitrogens with zero attached hydrogens (tertiary/aromatic N) is 2. The van der Waals surface area contributed by atoms with Crippen molar-refractivity contribution in [2.75, 3.05) is 32.7 Å². The van der Waals surface area contributed by atoms with Crippen LogP contribution in [-0.4, -0.2) is 54.5 Å². The Morgan fingerprint density at radius 3 is 2.36 bits per heavy atom. The van der Waals surface area contributed by atoms with Gasteiger partial charge in [0.1, 0.15) is 0 Å². The zero-order valence-electron chi connectivity index (χ0n) is 15.8. The maximum atomic E-state index is 12.3. The number of rotatable bonds is 5. The molecule has 0 saturated carbocycles. The maximum absolute atomic E-state index is 12.3. The Balaban J connectivity index is 1.39. The molecule has 1 aromatic rings. The van der Waals surface area contributed by atoms with E-state index in [0.29, 0.717) is 18.6 Å². The summed E-state index contributed by atoms with van der Waals surface area (Å²) in [5.41, 5.74) is 1.38. The molecule has 0 aliphatic carbocycles. The normalized spacial score (nSPS) is 22.6. The topological polar surface area (TPSA) is 35.6 Å². The van der Waals surface area contributed by atoms with Gasteiger partial charge < -0.3 is 5.32 Å². The molecule has 4 nitrogen and oxygen atoms in total. The molecule has 2 saturated heterocycles. The van der Waals surface area contributed by atoms with Crippen LogP contribution in [0.25, 0.3) is 0 Å². The third-order valence-electron chi connectivity index (χ3n) is 5.97. The smallest absolute Gasteiger partial charge is 0.234 e. The van der Waals surface area contributed by atoms with E-state index < -0.39 is 0 Å². The van der Waals surface area contributed by atoms with E-state index in [-0.39, 0.29) is 5.91 Å². The Labute approximate surface area is 152 Å². The number of piperidine rings is 2. The molecule has 2 fully saturated rings. The van der Waals surface area contributed by atoms with Crippen LogP contribution in [0.4, 0.5) is 0 Å². The van der Waals surface area contributed by atoms with Crippen molar-refractivity contribution in [3.63, 3.8) is 0 Å². The predicted octanol–water partition coefficient (Wildman–Crippen LogP) is 3.06. The van der Waals surface area contributed by atoms with Crippen LogP contribution in [0.15, 0.2) is 30.3 Å². The summed E-state index contributed by atoms with van der Waals surface area (Å²) in [5.74, 6) is 1.03. The molecule has 138 valence electrons. The summed E-state index contributed by atoms with van der Waals surface area (Å²) in [6.07, 6.45) is 4.56. The third-order valence-corrected chi connectivity index (χ3v) is 5.97. The quantitative estimate of drug-likeness (QED) is 0.892. The summed E-state index contributed by atoms with van der Waals surface area (Å²) in [6, 6.07) is 11.5. The summed E-state index contributed by atoms with van der Waals surface area (Å²) < 4.78 is 0. The third kappa shape index (κ3) is 5.29. The van der Waals surface area contributed by atoms with Gasteiger partial charge in [0.05, 0.1) is 6.54 Å². The van der Waals surface area contributed by atoms with Gasteiger partial charge in [-0.15, -0.1) is 0 Å². The largest absolute Gasteiger partial charge is 0.352 e. The van der Waals surface area contributed by atoms with Crippen molar-refractivity contribution in [1.29, 1.82) is 0 Å². The number of benzene rings is 1. The Hall–Kier alpha value is -1.39. The Kier molecular flexibility index (Phi) is 6.49. The molecule has 4 heteroatoms. The molecule has 1 atom stereocenters. The predicted molar refractivity (Wildman–Crippen MR) is 102 cm³/mol. The van der Waals surface area contributed by atoms with E-state index in [9.17, 15) is 4.79 Å². The first-order chi connectivity index (χ1) is 12.1. The summed E-state index contributed by atoms with van der Waals surface area (Å²) in [4.78, 5) is 17.2. The SMILES string of the molecule is CC1CCN(CC(=O)NC2CCN([C@@H](C)c3ccccc3)CC2)CC1. The summed E-state index contributed by atoms with van der Waals surface area (Å²) >= 11 is 0. The summed E-state index contributed by atoms with van der Waals surface area (Å²) in [5, 5.41) is 3.27. The standard InChI is InChI=1S/C21H33N3O/c1-17-8-12-23(13-9-17)16-21(25)22-20-10-14-24(15-11-20)18(2)19-6-4-3-5-7-19/h3-7,17-18,20H,8-16H2,1-2H3,(H,22,25)/t18-/m0/s1. The highest BCUT2D eigenvalue weighted by Gasteiger charge is 2.25. The van der Waals surface area contributed by atoms with Crippen molar-refractivity contribution < 1.29 is 4.79 Å². The van der Waals surface area contributed by atoms with Gasteiger partial charge in [-0.2, -0.15) is 0 Å². The lowest BCUT2D eigenvalue weighted by Crippen LogP contribution is -2.48. The molecule has 3 rings (SSSR count). The van der Waals surface area contributed by atoms with Gasteiger partial charge in [-0.05, 0) is 57.2 Å². The average Bonchev–Trinajstić information content (AvgIpc) is 2.64. The second kappa shape index (κ2) is 8.81. The lowest BCUT2D eigenvalue weighted by Gasteiger charge is -2.37. The maximum Gasteiger partial charge on any atom is 0.234 e. The van der Waals surface area contributed by atoms with Gasteiger partial charge in [-0.25, -0.2) is 0 Å². The van der Waals surface area contributed by atoms with Crippen molar-refractivity contribution >= 4 is 5.91 Å². The van der Waals surface area contributed by atoms with E-state index >= 15 is 0 Å². The van der Waals surface area contributed by atoms with Gasteiger partial charge in [-0.3, -0.25) is 14.6 Å². The molecule has 0 bridgehead atoms. The number of likely N-dealkylation sites (tertiary alicyclic amines) is 2. The summed E-state index contributed by atoms with van der Waals surface area (Å²) in [6.45, 7) is 9.42. The average molecular weight is 344 g/mol. The molecule has 1 aromatic carbocycles. The molecule has 0 spiro atoms. The van der Waals surface area contributed by atoms with Crippen LogP contribution >= 0.6 is 0 Å². The second-order valence-electron chi connectivity index (χ2n) is 7.92. The van der Waals surface area contributed by atoms with E-state index in [0.717, 1.165) is 44.9 Å². The van der Waals surface area contributed by atoms with Gasteiger partial charge in [0.15, 0.2) is 0 Å². The number of carbonyl (C=O) groups is 1. The molecule has 2 heterocycles. The highest BCUT2D eigenvalue weighted by atomic mass is 16.2. The van der Waals surface area contributed by atoms with E-state index in [1.165, 1.54) is 18.4 Å². The molecular weight excluding hydrogens is 310 g/mol. The fourth-order valence-electron chi connectivity index (χ4n) is 4.07. The molecule has 0 unspecified atom stereocenters. The zero-order chi connectivity index (χ0) is 17.6. The van der Waals surface area contributed by atoms with Crippen molar-refractivity contribution in [2.24, 2.45) is 5.92 Å². The molecular formula is C21H33N3O. The van der Waals surface area contributed by atoms with Crippen LogP contribution in [0.3, 0.4) is 0 Å². The van der Waals surface area contributed by atoms with Crippen LogP contribution in [0.5, 0.6) is 0 Å². The van der Waals surface area contributed by atoms with Gasteiger partial charge in [0.25, 0.3) is 0 Å². The number of amides is 1. The molecule has 2 aliphatic rings. The zero-order valence-corrected chi connectivity index (χ0v) is 15.8. The van der Waals surface area contributed by atoms with Gasteiger partial charge in [0.2, 0.25) is 5.91 Å². The number of nitrogens with one attached hydrogen (secondary N) is 1.